The van der Waals surface area contributed by atoms with E-state index in [2.05, 4.69) is 26.3 Å². The van der Waals surface area contributed by atoms with E-state index in [1.165, 1.54) is 12.1 Å². The average Bonchev–Trinajstić information content (AvgIpc) is 2.84. The Morgan fingerprint density at radius 1 is 1.36 bits per heavy atom. The number of anilines is 1. The van der Waals surface area contributed by atoms with Crippen LogP contribution >= 0.6 is 27.5 Å². The molecule has 0 spiro atoms. The maximum atomic E-state index is 12.4. The fourth-order valence-electron chi connectivity index (χ4n) is 1.90. The summed E-state index contributed by atoms with van der Waals surface area (Å²) in [5.74, 6) is -3.08. The highest BCUT2D eigenvalue weighted by Gasteiger charge is 2.25. The van der Waals surface area contributed by atoms with Crippen molar-refractivity contribution in [3.63, 3.8) is 0 Å². The van der Waals surface area contributed by atoms with Crippen LogP contribution in [0.4, 0.5) is 5.82 Å². The van der Waals surface area contributed by atoms with E-state index in [0.29, 0.717) is 0 Å². The van der Waals surface area contributed by atoms with Crippen LogP contribution in [0.1, 0.15) is 20.8 Å². The number of nitrogens with zero attached hydrogens (tertiary/aromatic N) is 2. The van der Waals surface area contributed by atoms with Crippen LogP contribution in [-0.4, -0.2) is 43.9 Å². The summed E-state index contributed by atoms with van der Waals surface area (Å²) in [7, 11) is 0. The summed E-state index contributed by atoms with van der Waals surface area (Å²) in [4.78, 5) is 34.6. The van der Waals surface area contributed by atoms with E-state index in [4.69, 9.17) is 22.4 Å². The lowest BCUT2D eigenvalue weighted by molar-refractivity contribution is -0.126. The number of nitrogens with two attached hydrogens (primary N) is 1. The molecule has 1 aromatic heterocycles. The van der Waals surface area contributed by atoms with Crippen molar-refractivity contribution in [2.45, 2.75) is 12.6 Å². The molecule has 1 atom stereocenters. The molecule has 0 radical (unpaired) electrons. The smallest absolute Gasteiger partial charge is 0.357 e. The molecule has 0 aliphatic heterocycles. The fraction of sp³-hybridized carbons (Fsp3) is 0.143. The van der Waals surface area contributed by atoms with E-state index >= 15 is 0 Å². The van der Waals surface area contributed by atoms with Gasteiger partial charge in [0.2, 0.25) is 5.91 Å². The van der Waals surface area contributed by atoms with E-state index < -0.39 is 36.1 Å². The number of carboxylic acid groups (broad SMARTS) is 1. The molecule has 2 aromatic rings. The minimum Gasteiger partial charge on any atom is -0.476 e. The molecule has 1 unspecified atom stereocenters. The minimum absolute atomic E-state index is 0.0305. The van der Waals surface area contributed by atoms with E-state index in [1.54, 1.807) is 12.1 Å². The lowest BCUT2D eigenvalue weighted by Crippen LogP contribution is -2.33. The van der Waals surface area contributed by atoms with Gasteiger partial charge in [0.25, 0.3) is 5.91 Å². The van der Waals surface area contributed by atoms with E-state index in [-0.39, 0.29) is 20.9 Å². The van der Waals surface area contributed by atoms with Crippen molar-refractivity contribution in [2.75, 3.05) is 5.32 Å². The Kier molecular flexibility index (Phi) is 5.77. The molecule has 1 aromatic carbocycles. The molecule has 25 heavy (non-hydrogen) atoms. The number of aliphatic hydroxyl groups is 1. The molecule has 5 N–H and O–H groups in total. The topological polar surface area (TPSA) is 148 Å². The van der Waals surface area contributed by atoms with Gasteiger partial charge in [-0.1, -0.05) is 23.7 Å². The van der Waals surface area contributed by atoms with Crippen molar-refractivity contribution in [2.24, 2.45) is 5.73 Å². The van der Waals surface area contributed by atoms with Gasteiger partial charge in [0.05, 0.1) is 21.6 Å². The highest BCUT2D eigenvalue weighted by Crippen LogP contribution is 2.28. The summed E-state index contributed by atoms with van der Waals surface area (Å²) < 4.78 is 0.926. The van der Waals surface area contributed by atoms with Gasteiger partial charge in [-0.3, -0.25) is 9.59 Å². The molecule has 11 heteroatoms. The summed E-state index contributed by atoms with van der Waals surface area (Å²) >= 11 is 9.00. The largest absolute Gasteiger partial charge is 0.476 e. The lowest BCUT2D eigenvalue weighted by Gasteiger charge is -2.12. The third-order valence-electron chi connectivity index (χ3n) is 3.12. The van der Waals surface area contributed by atoms with Crippen LogP contribution in [0.5, 0.6) is 0 Å². The molecule has 2 rings (SSSR count). The van der Waals surface area contributed by atoms with Crippen molar-refractivity contribution in [1.29, 1.82) is 0 Å². The molecule has 2 amide bonds. The van der Waals surface area contributed by atoms with E-state index in [1.807, 2.05) is 0 Å². The molecule has 132 valence electrons. The van der Waals surface area contributed by atoms with Gasteiger partial charge in [-0.15, -0.1) is 0 Å². The van der Waals surface area contributed by atoms with Gasteiger partial charge in [0.1, 0.15) is 5.82 Å². The Balaban J connectivity index is 2.41. The zero-order valence-corrected chi connectivity index (χ0v) is 14.8. The number of rotatable bonds is 6. The number of halogens is 2. The Bertz CT molecular complexity index is 854. The van der Waals surface area contributed by atoms with Gasteiger partial charge in [0.15, 0.2) is 11.8 Å². The summed E-state index contributed by atoms with van der Waals surface area (Å²) in [6.45, 7) is -0.445. The van der Waals surface area contributed by atoms with Crippen molar-refractivity contribution in [3.05, 3.63) is 45.0 Å². The Labute approximate surface area is 154 Å². The number of aliphatic hydroxyl groups excluding tert-OH is 1. The predicted octanol–water partition coefficient (Wildman–Crippen LogP) is 1.10. The zero-order valence-electron chi connectivity index (χ0n) is 12.4. The summed E-state index contributed by atoms with van der Waals surface area (Å²) in [6, 6.07) is 6.24. The van der Waals surface area contributed by atoms with Crippen LogP contribution in [-0.2, 0) is 11.3 Å². The number of carboxylic acids is 1. The van der Waals surface area contributed by atoms with Crippen LogP contribution < -0.4 is 11.1 Å². The molecule has 0 aliphatic rings. The second-order valence-electron chi connectivity index (χ2n) is 4.85. The molecule has 1 heterocycles. The predicted molar refractivity (Wildman–Crippen MR) is 91.5 cm³/mol. The van der Waals surface area contributed by atoms with Gasteiger partial charge >= 0.3 is 5.97 Å². The number of carbonyl (C=O) groups is 3. The molecule has 0 aliphatic carbocycles. The highest BCUT2D eigenvalue weighted by atomic mass is 79.9. The van der Waals surface area contributed by atoms with Gasteiger partial charge in [-0.05, 0) is 28.1 Å². The third-order valence-corrected chi connectivity index (χ3v) is 4.20. The molecular formula is C14H12BrClN4O5. The molecule has 0 bridgehead atoms. The van der Waals surface area contributed by atoms with Crippen LogP contribution in [0.3, 0.4) is 0 Å². The molecular weight excluding hydrogens is 420 g/mol. The summed E-state index contributed by atoms with van der Waals surface area (Å²) in [6.07, 6.45) is -1.62. The van der Waals surface area contributed by atoms with Gasteiger partial charge in [0, 0.05) is 0 Å². The van der Waals surface area contributed by atoms with Crippen molar-refractivity contribution < 1.29 is 24.6 Å². The van der Waals surface area contributed by atoms with Crippen molar-refractivity contribution in [1.82, 2.24) is 9.78 Å². The first-order valence-electron chi connectivity index (χ1n) is 6.75. The molecule has 9 nitrogen and oxygen atoms in total. The average molecular weight is 432 g/mol. The quantitative estimate of drug-likeness (QED) is 0.538. The molecule has 0 saturated heterocycles. The zero-order chi connectivity index (χ0) is 18.7. The number of primary amides is 1. The number of benzene rings is 1. The lowest BCUT2D eigenvalue weighted by atomic mass is 10.2. The number of hydrogen-bond donors (Lipinski definition) is 4. The fourth-order valence-corrected chi connectivity index (χ4v) is 2.68. The standard InChI is InChI=1S/C14H12BrClN4O5/c15-9-10(14(24)25)19-20(5-8(21)11(17)22)12(9)18-13(23)6-3-1-2-4-7(6)16/h1-4,8,21H,5H2,(H2,17,22)(H,18,23)(H,24,25). The minimum atomic E-state index is -1.62. The number of hydrogen-bond acceptors (Lipinski definition) is 5. The van der Waals surface area contributed by atoms with Crippen LogP contribution in [0.2, 0.25) is 5.02 Å². The number of aromatic carboxylic acids is 1. The number of carbonyl (C=O) groups excluding carboxylic acids is 2. The first-order valence-corrected chi connectivity index (χ1v) is 7.92. The Hall–Kier alpha value is -2.43. The highest BCUT2D eigenvalue weighted by molar-refractivity contribution is 9.10. The van der Waals surface area contributed by atoms with Crippen LogP contribution in [0, 0.1) is 0 Å². The van der Waals surface area contributed by atoms with E-state index in [0.717, 1.165) is 4.68 Å². The van der Waals surface area contributed by atoms with Crippen molar-refractivity contribution in [3.8, 4) is 0 Å². The third kappa shape index (κ3) is 4.16. The van der Waals surface area contributed by atoms with Crippen LogP contribution in [0.25, 0.3) is 0 Å². The maximum Gasteiger partial charge on any atom is 0.357 e. The SMILES string of the molecule is NC(=O)C(O)Cn1nc(C(=O)O)c(Br)c1NC(=O)c1ccccc1Cl. The summed E-state index contributed by atoms with van der Waals surface area (Å²) in [5.41, 5.74) is 4.73. The number of aromatic nitrogens is 2. The normalized spacial score (nSPS) is 11.8. The Morgan fingerprint density at radius 3 is 2.56 bits per heavy atom. The first kappa shape index (κ1) is 18.9. The first-order chi connectivity index (χ1) is 11.7. The number of nitrogens with one attached hydrogen (secondary N) is 1. The monoisotopic (exact) mass is 430 g/mol. The Morgan fingerprint density at radius 2 is 2.00 bits per heavy atom. The van der Waals surface area contributed by atoms with Gasteiger partial charge < -0.3 is 21.3 Å². The second kappa shape index (κ2) is 7.64. The molecule has 0 saturated carbocycles. The van der Waals surface area contributed by atoms with Crippen LogP contribution in [0.15, 0.2) is 28.7 Å². The second-order valence-corrected chi connectivity index (χ2v) is 6.05. The van der Waals surface area contributed by atoms with Gasteiger partial charge in [-0.2, -0.15) is 5.10 Å². The van der Waals surface area contributed by atoms with Crippen molar-refractivity contribution >= 4 is 51.1 Å². The van der Waals surface area contributed by atoms with Gasteiger partial charge in [-0.25, -0.2) is 9.48 Å². The summed E-state index contributed by atoms with van der Waals surface area (Å²) in [5, 5.41) is 25.2. The number of amides is 2. The van der Waals surface area contributed by atoms with E-state index in [9.17, 15) is 19.5 Å². The molecule has 0 fully saturated rings. The maximum absolute atomic E-state index is 12.4.